The van der Waals surface area contributed by atoms with Crippen molar-refractivity contribution >= 4 is 17.4 Å². The third-order valence-corrected chi connectivity index (χ3v) is 7.68. The summed E-state index contributed by atoms with van der Waals surface area (Å²) in [5, 5.41) is 9.46. The maximum Gasteiger partial charge on any atom is 0.254 e. The van der Waals surface area contributed by atoms with Gasteiger partial charge in [0, 0.05) is 70.7 Å². The number of para-hydroxylation sites is 1. The van der Waals surface area contributed by atoms with E-state index in [4.69, 9.17) is 0 Å². The minimum Gasteiger partial charge on any atom is -0.368 e. The molecule has 0 radical (unpaired) electrons. The van der Waals surface area contributed by atoms with E-state index in [9.17, 15) is 10.1 Å². The summed E-state index contributed by atoms with van der Waals surface area (Å²) in [5.41, 5.74) is 6.90. The summed E-state index contributed by atoms with van der Waals surface area (Å²) in [7, 11) is 0. The van der Waals surface area contributed by atoms with Crippen LogP contribution in [0, 0.1) is 32.1 Å². The van der Waals surface area contributed by atoms with Crippen LogP contribution in [0.25, 0.3) is 0 Å². The predicted octanol–water partition coefficient (Wildman–Crippen LogP) is 3.56. The number of hydrogen-bond donors (Lipinski definition) is 0. The van der Waals surface area contributed by atoms with Crippen molar-refractivity contribution < 1.29 is 4.79 Å². The Morgan fingerprint density at radius 2 is 1.61 bits per heavy atom. The average molecular weight is 510 g/mol. The molecule has 8 nitrogen and oxygen atoms in total. The summed E-state index contributed by atoms with van der Waals surface area (Å²) in [4.78, 5) is 31.3. The van der Waals surface area contributed by atoms with Crippen LogP contribution in [0.1, 0.15) is 38.3 Å². The topological polar surface area (TPSA) is 79.6 Å². The van der Waals surface area contributed by atoms with Gasteiger partial charge in [-0.3, -0.25) is 14.7 Å². The fraction of sp³-hybridized carbons (Fsp3) is 0.400. The van der Waals surface area contributed by atoms with Crippen LogP contribution in [-0.4, -0.2) is 78.0 Å². The number of hydrogen-bond acceptors (Lipinski definition) is 7. The van der Waals surface area contributed by atoms with Crippen molar-refractivity contribution in [3.63, 3.8) is 0 Å². The van der Waals surface area contributed by atoms with Gasteiger partial charge < -0.3 is 14.7 Å². The molecular weight excluding hydrogens is 474 g/mol. The lowest BCUT2D eigenvalue weighted by molar-refractivity contribution is 0.0745. The first kappa shape index (κ1) is 25.7. The normalized spacial score (nSPS) is 16.4. The van der Waals surface area contributed by atoms with E-state index in [0.29, 0.717) is 13.1 Å². The van der Waals surface area contributed by atoms with Crippen LogP contribution in [0.2, 0.25) is 0 Å². The first-order chi connectivity index (χ1) is 18.4. The van der Waals surface area contributed by atoms with Gasteiger partial charge in [-0.25, -0.2) is 4.98 Å². The molecule has 0 aliphatic carbocycles. The van der Waals surface area contributed by atoms with Gasteiger partial charge in [0.1, 0.15) is 11.9 Å². The summed E-state index contributed by atoms with van der Waals surface area (Å²) in [6, 6.07) is 14.4. The van der Waals surface area contributed by atoms with Gasteiger partial charge in [-0.2, -0.15) is 5.26 Å². The lowest BCUT2D eigenvalue weighted by Gasteiger charge is -2.37. The maximum atomic E-state index is 13.6. The number of anilines is 2. The third kappa shape index (κ3) is 5.48. The molecule has 5 rings (SSSR count). The zero-order valence-electron chi connectivity index (χ0n) is 22.5. The molecule has 38 heavy (non-hydrogen) atoms. The highest BCUT2D eigenvalue weighted by Crippen LogP contribution is 2.24. The molecule has 0 bridgehead atoms. The Labute approximate surface area is 225 Å². The number of amides is 1. The second kappa shape index (κ2) is 11.2. The van der Waals surface area contributed by atoms with Crippen molar-refractivity contribution in [1.82, 2.24) is 19.8 Å². The number of rotatable bonds is 5. The van der Waals surface area contributed by atoms with Gasteiger partial charge in [-0.15, -0.1) is 0 Å². The molecule has 2 aliphatic heterocycles. The standard InChI is InChI=1S/C30H35N7O/c1-22-16-23(2)27(30(38)37-14-12-36(13-15-37)29-20-32-19-24(3)33-29)17-26(22)21-34-8-10-35(11-9-34)28-7-5-4-6-25(28)18-31/h4-7,16-17,19-20H,8-15,21H2,1-3H3. The van der Waals surface area contributed by atoms with Gasteiger partial charge in [0.15, 0.2) is 0 Å². The minimum absolute atomic E-state index is 0.108. The summed E-state index contributed by atoms with van der Waals surface area (Å²) >= 11 is 0. The number of aromatic nitrogens is 2. The lowest BCUT2D eigenvalue weighted by atomic mass is 9.98. The number of nitrogens with zero attached hydrogens (tertiary/aromatic N) is 7. The van der Waals surface area contributed by atoms with Crippen molar-refractivity contribution in [2.75, 3.05) is 62.2 Å². The summed E-state index contributed by atoms with van der Waals surface area (Å²) in [6.45, 7) is 13.4. The van der Waals surface area contributed by atoms with Crippen molar-refractivity contribution in [2.24, 2.45) is 0 Å². The highest BCUT2D eigenvalue weighted by Gasteiger charge is 2.25. The fourth-order valence-corrected chi connectivity index (χ4v) is 5.44. The molecular formula is C30H35N7O. The molecule has 2 aromatic carbocycles. The lowest BCUT2D eigenvalue weighted by Crippen LogP contribution is -2.49. The number of piperazine rings is 2. The van der Waals surface area contributed by atoms with Crippen molar-refractivity contribution in [1.29, 1.82) is 5.26 Å². The van der Waals surface area contributed by atoms with E-state index >= 15 is 0 Å². The summed E-state index contributed by atoms with van der Waals surface area (Å²) in [5.74, 6) is 0.985. The van der Waals surface area contributed by atoms with Gasteiger partial charge >= 0.3 is 0 Å². The molecule has 2 aliphatic rings. The van der Waals surface area contributed by atoms with Gasteiger partial charge in [-0.1, -0.05) is 18.2 Å². The Morgan fingerprint density at radius 3 is 2.32 bits per heavy atom. The molecule has 1 amide bonds. The highest BCUT2D eigenvalue weighted by molar-refractivity contribution is 5.96. The molecule has 0 unspecified atom stereocenters. The smallest absolute Gasteiger partial charge is 0.254 e. The Bertz CT molecular complexity index is 1350. The van der Waals surface area contributed by atoms with Crippen LogP contribution in [0.4, 0.5) is 11.5 Å². The maximum absolute atomic E-state index is 13.6. The molecule has 3 aromatic rings. The van der Waals surface area contributed by atoms with Crippen molar-refractivity contribution in [2.45, 2.75) is 27.3 Å². The van der Waals surface area contributed by atoms with Crippen molar-refractivity contribution in [3.8, 4) is 6.07 Å². The number of nitriles is 1. The van der Waals surface area contributed by atoms with Crippen LogP contribution >= 0.6 is 0 Å². The second-order valence-corrected chi connectivity index (χ2v) is 10.3. The number of aryl methyl sites for hydroxylation is 3. The molecule has 1 aromatic heterocycles. The van der Waals surface area contributed by atoms with Crippen LogP contribution in [0.5, 0.6) is 0 Å². The largest absolute Gasteiger partial charge is 0.368 e. The first-order valence-electron chi connectivity index (χ1n) is 13.3. The van der Waals surface area contributed by atoms with E-state index in [0.717, 1.165) is 79.7 Å². The molecule has 0 spiro atoms. The molecule has 3 heterocycles. The van der Waals surface area contributed by atoms with Gasteiger partial charge in [0.2, 0.25) is 0 Å². The first-order valence-corrected chi connectivity index (χ1v) is 13.3. The Kier molecular flexibility index (Phi) is 7.57. The Balaban J connectivity index is 1.22. The SMILES string of the molecule is Cc1cncc(N2CCN(C(=O)c3cc(CN4CCN(c5ccccc5C#N)CC4)c(C)cc3C)CC2)n1. The zero-order valence-corrected chi connectivity index (χ0v) is 22.5. The fourth-order valence-electron chi connectivity index (χ4n) is 5.44. The molecule has 2 saturated heterocycles. The number of carbonyl (C=O) groups excluding carboxylic acids is 1. The van der Waals surface area contributed by atoms with Crippen LogP contribution < -0.4 is 9.80 Å². The second-order valence-electron chi connectivity index (χ2n) is 10.3. The van der Waals surface area contributed by atoms with E-state index in [1.54, 1.807) is 12.4 Å². The van der Waals surface area contributed by atoms with E-state index in [2.05, 4.69) is 49.8 Å². The van der Waals surface area contributed by atoms with Gasteiger partial charge in [0.05, 0.1) is 23.1 Å². The third-order valence-electron chi connectivity index (χ3n) is 7.68. The van der Waals surface area contributed by atoms with E-state index in [1.807, 2.05) is 43.0 Å². The highest BCUT2D eigenvalue weighted by atomic mass is 16.2. The average Bonchev–Trinajstić information content (AvgIpc) is 2.94. The molecule has 0 N–H and O–H groups in total. The van der Waals surface area contributed by atoms with Crippen molar-refractivity contribution in [3.05, 3.63) is 82.3 Å². The predicted molar refractivity (Wildman–Crippen MR) is 149 cm³/mol. The Morgan fingerprint density at radius 1 is 0.895 bits per heavy atom. The molecule has 8 heteroatoms. The minimum atomic E-state index is 0.108. The van der Waals surface area contributed by atoms with Crippen LogP contribution in [-0.2, 0) is 6.54 Å². The molecule has 0 saturated carbocycles. The molecule has 196 valence electrons. The van der Waals surface area contributed by atoms with Gasteiger partial charge in [-0.05, 0) is 55.7 Å². The summed E-state index contributed by atoms with van der Waals surface area (Å²) < 4.78 is 0. The van der Waals surface area contributed by atoms with E-state index in [1.165, 1.54) is 11.1 Å². The van der Waals surface area contributed by atoms with Crippen LogP contribution in [0.15, 0.2) is 48.8 Å². The number of benzene rings is 2. The van der Waals surface area contributed by atoms with E-state index < -0.39 is 0 Å². The zero-order chi connectivity index (χ0) is 26.6. The number of carbonyl (C=O) groups is 1. The van der Waals surface area contributed by atoms with Gasteiger partial charge in [0.25, 0.3) is 5.91 Å². The molecule has 0 atom stereocenters. The van der Waals surface area contributed by atoms with E-state index in [-0.39, 0.29) is 5.91 Å². The Hall–Kier alpha value is -3.96. The summed E-state index contributed by atoms with van der Waals surface area (Å²) in [6.07, 6.45) is 3.55. The monoisotopic (exact) mass is 509 g/mol. The molecule has 2 fully saturated rings. The van der Waals surface area contributed by atoms with Crippen LogP contribution in [0.3, 0.4) is 0 Å². The quantitative estimate of drug-likeness (QED) is 0.520.